The minimum atomic E-state index is 0.180. The summed E-state index contributed by atoms with van der Waals surface area (Å²) in [7, 11) is 3.29. The molecular weight excluding hydrogens is 242 g/mol. The van der Waals surface area contributed by atoms with Crippen LogP contribution in [-0.2, 0) is 4.74 Å². The number of ether oxygens (including phenoxy) is 3. The molecule has 1 aromatic carbocycles. The first-order chi connectivity index (χ1) is 9.26. The minimum Gasteiger partial charge on any atom is -0.493 e. The molecule has 4 nitrogen and oxygen atoms in total. The maximum absolute atomic E-state index is 5.54. The molecule has 1 unspecified atom stereocenters. The van der Waals surface area contributed by atoms with Gasteiger partial charge in [0.15, 0.2) is 11.5 Å². The summed E-state index contributed by atoms with van der Waals surface area (Å²) in [6.45, 7) is 6.50. The molecule has 0 aliphatic carbocycles. The van der Waals surface area contributed by atoms with Crippen LogP contribution in [0.25, 0.3) is 0 Å². The van der Waals surface area contributed by atoms with Crippen molar-refractivity contribution >= 4 is 0 Å². The van der Waals surface area contributed by atoms with Gasteiger partial charge >= 0.3 is 0 Å². The number of hydrogen-bond donors (Lipinski definition) is 1. The first kappa shape index (κ1) is 15.8. The van der Waals surface area contributed by atoms with Gasteiger partial charge in [0, 0.05) is 6.61 Å². The Kier molecular flexibility index (Phi) is 7.30. The van der Waals surface area contributed by atoms with Gasteiger partial charge in [0.1, 0.15) is 0 Å². The van der Waals surface area contributed by atoms with Crippen molar-refractivity contribution in [3.8, 4) is 11.5 Å². The van der Waals surface area contributed by atoms with E-state index in [-0.39, 0.29) is 6.04 Å². The largest absolute Gasteiger partial charge is 0.493 e. The van der Waals surface area contributed by atoms with Crippen LogP contribution in [0.5, 0.6) is 11.5 Å². The molecule has 0 spiro atoms. The molecule has 108 valence electrons. The number of rotatable bonds is 9. The van der Waals surface area contributed by atoms with Crippen LogP contribution in [0.2, 0.25) is 0 Å². The van der Waals surface area contributed by atoms with Crippen LogP contribution in [0.1, 0.15) is 31.9 Å². The molecule has 1 rings (SSSR count). The molecule has 0 radical (unpaired) electrons. The van der Waals surface area contributed by atoms with E-state index < -0.39 is 0 Å². The zero-order valence-electron chi connectivity index (χ0n) is 12.4. The molecule has 0 saturated heterocycles. The van der Waals surface area contributed by atoms with Crippen LogP contribution in [0.15, 0.2) is 18.2 Å². The van der Waals surface area contributed by atoms with Crippen molar-refractivity contribution in [3.05, 3.63) is 23.8 Å². The normalized spacial score (nSPS) is 12.2. The summed E-state index contributed by atoms with van der Waals surface area (Å²) in [6.07, 6.45) is 1.09. The molecule has 0 aliphatic rings. The Morgan fingerprint density at radius 3 is 2.42 bits per heavy atom. The molecule has 4 heteroatoms. The average molecular weight is 267 g/mol. The molecule has 0 aliphatic heterocycles. The minimum absolute atomic E-state index is 0.180. The van der Waals surface area contributed by atoms with Crippen molar-refractivity contribution in [2.75, 3.05) is 34.0 Å². The average Bonchev–Trinajstić information content (AvgIpc) is 2.46. The van der Waals surface area contributed by atoms with E-state index in [1.807, 2.05) is 25.1 Å². The lowest BCUT2D eigenvalue weighted by Gasteiger charge is -2.20. The predicted octanol–water partition coefficient (Wildman–Crippen LogP) is 2.78. The predicted molar refractivity (Wildman–Crippen MR) is 77.1 cm³/mol. The van der Waals surface area contributed by atoms with Gasteiger partial charge in [-0.05, 0) is 37.6 Å². The highest BCUT2D eigenvalue weighted by molar-refractivity contribution is 5.43. The van der Waals surface area contributed by atoms with Crippen molar-refractivity contribution < 1.29 is 14.2 Å². The lowest BCUT2D eigenvalue weighted by atomic mass is 10.1. The fraction of sp³-hybridized carbons (Fsp3) is 0.600. The third kappa shape index (κ3) is 4.73. The highest BCUT2D eigenvalue weighted by Gasteiger charge is 2.13. The van der Waals surface area contributed by atoms with Gasteiger partial charge in [0.25, 0.3) is 0 Å². The Morgan fingerprint density at radius 1 is 1.11 bits per heavy atom. The second-order valence-corrected chi connectivity index (χ2v) is 4.28. The fourth-order valence-corrected chi connectivity index (χ4v) is 1.90. The van der Waals surface area contributed by atoms with Gasteiger partial charge < -0.3 is 19.5 Å². The van der Waals surface area contributed by atoms with Crippen molar-refractivity contribution in [1.82, 2.24) is 5.32 Å². The highest BCUT2D eigenvalue weighted by atomic mass is 16.5. The highest BCUT2D eigenvalue weighted by Crippen LogP contribution is 2.30. The SMILES string of the molecule is CCCNC(COCC)c1ccc(OC)c(OC)c1. The summed E-state index contributed by atoms with van der Waals surface area (Å²) in [5.74, 6) is 1.50. The summed E-state index contributed by atoms with van der Waals surface area (Å²) in [4.78, 5) is 0. The van der Waals surface area contributed by atoms with Gasteiger partial charge in [-0.2, -0.15) is 0 Å². The zero-order valence-corrected chi connectivity index (χ0v) is 12.4. The van der Waals surface area contributed by atoms with Crippen molar-refractivity contribution in [1.29, 1.82) is 0 Å². The van der Waals surface area contributed by atoms with Gasteiger partial charge in [0.05, 0.1) is 26.9 Å². The Labute approximate surface area is 116 Å². The summed E-state index contributed by atoms with van der Waals surface area (Å²) in [5, 5.41) is 3.49. The smallest absolute Gasteiger partial charge is 0.161 e. The monoisotopic (exact) mass is 267 g/mol. The van der Waals surface area contributed by atoms with Crippen LogP contribution in [0.4, 0.5) is 0 Å². The molecule has 1 atom stereocenters. The van der Waals surface area contributed by atoms with Crippen LogP contribution >= 0.6 is 0 Å². The number of hydrogen-bond acceptors (Lipinski definition) is 4. The first-order valence-corrected chi connectivity index (χ1v) is 6.79. The van der Waals surface area contributed by atoms with E-state index in [2.05, 4.69) is 12.2 Å². The van der Waals surface area contributed by atoms with Gasteiger partial charge in [-0.3, -0.25) is 0 Å². The van der Waals surface area contributed by atoms with Gasteiger partial charge in [-0.15, -0.1) is 0 Å². The van der Waals surface area contributed by atoms with Crippen molar-refractivity contribution in [3.63, 3.8) is 0 Å². The molecule has 0 fully saturated rings. The lowest BCUT2D eigenvalue weighted by Crippen LogP contribution is -2.26. The fourth-order valence-electron chi connectivity index (χ4n) is 1.90. The summed E-state index contributed by atoms with van der Waals surface area (Å²) in [6, 6.07) is 6.17. The van der Waals surface area contributed by atoms with E-state index in [1.165, 1.54) is 0 Å². The lowest BCUT2D eigenvalue weighted by molar-refractivity contribution is 0.123. The molecule has 1 aromatic rings. The molecule has 0 saturated carbocycles. The Morgan fingerprint density at radius 2 is 1.84 bits per heavy atom. The third-order valence-electron chi connectivity index (χ3n) is 2.94. The van der Waals surface area contributed by atoms with E-state index >= 15 is 0 Å². The van der Waals surface area contributed by atoms with Crippen LogP contribution in [0.3, 0.4) is 0 Å². The number of benzene rings is 1. The van der Waals surface area contributed by atoms with E-state index in [1.54, 1.807) is 14.2 Å². The molecule has 0 aromatic heterocycles. The Hall–Kier alpha value is -1.26. The molecule has 0 bridgehead atoms. The maximum atomic E-state index is 5.54. The molecular formula is C15H25NO3. The summed E-state index contributed by atoms with van der Waals surface area (Å²) in [5.41, 5.74) is 1.15. The van der Waals surface area contributed by atoms with E-state index in [9.17, 15) is 0 Å². The number of nitrogens with one attached hydrogen (secondary N) is 1. The quantitative estimate of drug-likeness (QED) is 0.747. The second kappa shape index (κ2) is 8.77. The molecule has 19 heavy (non-hydrogen) atoms. The standard InChI is InChI=1S/C15H25NO3/c1-5-9-16-13(11-19-6-2)12-7-8-14(17-3)15(10-12)18-4/h7-8,10,13,16H,5-6,9,11H2,1-4H3. The van der Waals surface area contributed by atoms with Crippen LogP contribution < -0.4 is 14.8 Å². The Bertz CT molecular complexity index is 360. The van der Waals surface area contributed by atoms with E-state index in [0.717, 1.165) is 36.6 Å². The summed E-state index contributed by atoms with van der Waals surface area (Å²) >= 11 is 0. The number of methoxy groups -OCH3 is 2. The molecule has 0 amide bonds. The first-order valence-electron chi connectivity index (χ1n) is 6.79. The molecule has 0 heterocycles. The molecule has 1 N–H and O–H groups in total. The van der Waals surface area contributed by atoms with E-state index in [4.69, 9.17) is 14.2 Å². The zero-order chi connectivity index (χ0) is 14.1. The van der Waals surface area contributed by atoms with Gasteiger partial charge in [-0.25, -0.2) is 0 Å². The van der Waals surface area contributed by atoms with Gasteiger partial charge in [-0.1, -0.05) is 13.0 Å². The third-order valence-corrected chi connectivity index (χ3v) is 2.94. The van der Waals surface area contributed by atoms with Gasteiger partial charge in [0.2, 0.25) is 0 Å². The maximum Gasteiger partial charge on any atom is 0.161 e. The summed E-state index contributed by atoms with van der Waals surface area (Å²) < 4.78 is 16.1. The topological polar surface area (TPSA) is 39.7 Å². The van der Waals surface area contributed by atoms with Crippen molar-refractivity contribution in [2.24, 2.45) is 0 Å². The van der Waals surface area contributed by atoms with Crippen LogP contribution in [0, 0.1) is 0 Å². The van der Waals surface area contributed by atoms with Crippen LogP contribution in [-0.4, -0.2) is 34.0 Å². The van der Waals surface area contributed by atoms with Crippen molar-refractivity contribution in [2.45, 2.75) is 26.3 Å². The Balaban J connectivity index is 2.87. The van der Waals surface area contributed by atoms with E-state index in [0.29, 0.717) is 6.61 Å². The second-order valence-electron chi connectivity index (χ2n) is 4.28.